The quantitative estimate of drug-likeness (QED) is 0.0609. The molecule has 0 aromatic heterocycles. The Bertz CT molecular complexity index is 1210. The maximum Gasteiger partial charge on any atom is 0.203 e. The van der Waals surface area contributed by atoms with E-state index in [2.05, 4.69) is 39.0 Å². The minimum atomic E-state index is 0.745. The lowest BCUT2D eigenvalue weighted by atomic mass is 10.0. The molecule has 0 heterocycles. The van der Waals surface area contributed by atoms with Crippen molar-refractivity contribution >= 4 is 0 Å². The molecule has 0 radical (unpaired) electrons. The van der Waals surface area contributed by atoms with Crippen LogP contribution in [-0.4, -0.2) is 19.8 Å². The number of benzene rings is 1. The molecule has 0 amide bonds. The van der Waals surface area contributed by atoms with Crippen molar-refractivity contribution < 1.29 is 14.2 Å². The van der Waals surface area contributed by atoms with Crippen molar-refractivity contribution in [3.63, 3.8) is 0 Å². The molecule has 0 bridgehead atoms. The third-order valence-corrected chi connectivity index (χ3v) is 18.2. The highest BCUT2D eigenvalue weighted by Gasteiger charge is 2.13. The van der Waals surface area contributed by atoms with Gasteiger partial charge in [0.15, 0.2) is 11.5 Å². The molecule has 1 rings (SSSR count). The molecule has 0 spiro atoms. The third-order valence-electron chi connectivity index (χ3n) is 18.2. The fourth-order valence-corrected chi connectivity index (χ4v) is 12.5. The Morgan fingerprint density at radius 3 is 0.469 bits per heavy atom. The van der Waals surface area contributed by atoms with E-state index in [9.17, 15) is 0 Å². The van der Waals surface area contributed by atoms with E-state index >= 15 is 0 Å². The number of hydrogen-bond acceptors (Lipinski definition) is 3. The van der Waals surface area contributed by atoms with E-state index in [0.29, 0.717) is 0 Å². The minimum Gasteiger partial charge on any atom is -0.490 e. The van der Waals surface area contributed by atoms with Crippen molar-refractivity contribution in [1.29, 1.82) is 0 Å². The molecule has 0 unspecified atom stereocenters. The Morgan fingerprint density at radius 2 is 0.309 bits per heavy atom. The molecule has 480 valence electrons. The van der Waals surface area contributed by atoms with E-state index in [-0.39, 0.29) is 0 Å². The highest BCUT2D eigenvalue weighted by molar-refractivity contribution is 5.51. The molecule has 1 aromatic rings. The summed E-state index contributed by atoms with van der Waals surface area (Å²) in [5.74, 6) is 2.60. The van der Waals surface area contributed by atoms with Crippen LogP contribution in [-0.2, 0) is 0 Å². The molecule has 3 nitrogen and oxygen atoms in total. The highest BCUT2D eigenvalue weighted by Crippen LogP contribution is 2.38. The van der Waals surface area contributed by atoms with Gasteiger partial charge in [0.05, 0.1) is 19.8 Å². The maximum atomic E-state index is 6.57. The number of rotatable bonds is 72. The Balaban J connectivity index is 2.24. The van der Waals surface area contributed by atoms with Crippen LogP contribution in [0.4, 0.5) is 0 Å². The lowest BCUT2D eigenvalue weighted by Gasteiger charge is -2.17. The average Bonchev–Trinajstić information content (AvgIpc) is 3.48. The smallest absolute Gasteiger partial charge is 0.203 e. The normalized spacial score (nSPS) is 11.6. The summed E-state index contributed by atoms with van der Waals surface area (Å²) in [4.78, 5) is 0. The van der Waals surface area contributed by atoms with Crippen molar-refractivity contribution in [2.24, 2.45) is 0 Å². The Morgan fingerprint density at radius 1 is 0.173 bits per heavy atom. The van der Waals surface area contributed by atoms with Crippen LogP contribution in [0.15, 0.2) is 18.2 Å². The van der Waals surface area contributed by atoms with Gasteiger partial charge in [-0.05, 0) is 31.4 Å². The van der Waals surface area contributed by atoms with Gasteiger partial charge in [-0.3, -0.25) is 0 Å². The van der Waals surface area contributed by atoms with Gasteiger partial charge in [-0.2, -0.15) is 0 Å². The molecule has 0 N–H and O–H groups in total. The molecular formula is C78H150O3. The summed E-state index contributed by atoms with van der Waals surface area (Å²) in [7, 11) is 0. The fourth-order valence-electron chi connectivity index (χ4n) is 12.5. The van der Waals surface area contributed by atoms with Gasteiger partial charge in [-0.15, -0.1) is 0 Å². The molecule has 0 saturated carbocycles. The summed E-state index contributed by atoms with van der Waals surface area (Å²) in [5.41, 5.74) is 0. The summed E-state index contributed by atoms with van der Waals surface area (Å²) >= 11 is 0. The molecule has 0 atom stereocenters. The first kappa shape index (κ1) is 77.6. The second-order valence-corrected chi connectivity index (χ2v) is 26.4. The maximum absolute atomic E-state index is 6.57. The van der Waals surface area contributed by atoms with Crippen molar-refractivity contribution in [1.82, 2.24) is 0 Å². The second kappa shape index (κ2) is 69.4. The minimum absolute atomic E-state index is 0.745. The Kier molecular flexibility index (Phi) is 66.5. The van der Waals surface area contributed by atoms with E-state index in [1.165, 1.54) is 405 Å². The van der Waals surface area contributed by atoms with Gasteiger partial charge in [0.1, 0.15) is 0 Å². The molecule has 0 saturated heterocycles. The zero-order valence-electron chi connectivity index (χ0n) is 56.2. The Labute approximate surface area is 511 Å². The predicted octanol–water partition coefficient (Wildman–Crippen LogP) is 28.6. The van der Waals surface area contributed by atoms with E-state index < -0.39 is 0 Å². The lowest BCUT2D eigenvalue weighted by molar-refractivity contribution is 0.234. The zero-order valence-corrected chi connectivity index (χ0v) is 56.2. The molecular weight excluding hydrogens is 985 g/mol. The van der Waals surface area contributed by atoms with Gasteiger partial charge in [0.2, 0.25) is 5.75 Å². The van der Waals surface area contributed by atoms with Gasteiger partial charge < -0.3 is 14.2 Å². The van der Waals surface area contributed by atoms with E-state index in [1.807, 2.05) is 0 Å². The highest BCUT2D eigenvalue weighted by atomic mass is 16.5. The molecule has 0 fully saturated rings. The fraction of sp³-hybridized carbons (Fsp3) is 0.923. The van der Waals surface area contributed by atoms with Gasteiger partial charge in [0.25, 0.3) is 0 Å². The van der Waals surface area contributed by atoms with Crippen molar-refractivity contribution in [2.45, 2.75) is 445 Å². The number of hydrogen-bond donors (Lipinski definition) is 0. The van der Waals surface area contributed by atoms with Crippen molar-refractivity contribution in [2.75, 3.05) is 19.8 Å². The van der Waals surface area contributed by atoms with Crippen LogP contribution >= 0.6 is 0 Å². The van der Waals surface area contributed by atoms with Crippen LogP contribution in [0.5, 0.6) is 17.2 Å². The van der Waals surface area contributed by atoms with Gasteiger partial charge in [-0.1, -0.05) is 431 Å². The SMILES string of the molecule is CCCCCCCCCCCCCCCCCCCCCCCCOc1cccc(OCCCCCCCCCCCCCCCCCCCCCCCC)c1OCCCCCCCCCCCCCCCCCCCCCCCC. The predicted molar refractivity (Wildman–Crippen MR) is 365 cm³/mol. The topological polar surface area (TPSA) is 27.7 Å². The van der Waals surface area contributed by atoms with Gasteiger partial charge in [-0.25, -0.2) is 0 Å². The van der Waals surface area contributed by atoms with E-state index in [1.54, 1.807) is 0 Å². The Hall–Kier alpha value is -1.38. The average molecular weight is 1140 g/mol. The zero-order chi connectivity index (χ0) is 57.8. The van der Waals surface area contributed by atoms with Crippen molar-refractivity contribution in [3.05, 3.63) is 18.2 Å². The molecule has 0 aliphatic heterocycles. The third kappa shape index (κ3) is 60.1. The summed E-state index contributed by atoms with van der Waals surface area (Å²) in [6, 6.07) is 6.32. The molecule has 3 heteroatoms. The monoisotopic (exact) mass is 1140 g/mol. The van der Waals surface area contributed by atoms with E-state index in [0.717, 1.165) is 56.3 Å². The largest absolute Gasteiger partial charge is 0.490 e. The first-order chi connectivity index (χ1) is 40.3. The van der Waals surface area contributed by atoms with Crippen LogP contribution in [0, 0.1) is 0 Å². The summed E-state index contributed by atoms with van der Waals surface area (Å²) < 4.78 is 19.5. The second-order valence-electron chi connectivity index (χ2n) is 26.4. The molecule has 0 aliphatic carbocycles. The van der Waals surface area contributed by atoms with Gasteiger partial charge >= 0.3 is 0 Å². The summed E-state index contributed by atoms with van der Waals surface area (Å²) in [6.45, 7) is 9.21. The van der Waals surface area contributed by atoms with Crippen LogP contribution in [0.3, 0.4) is 0 Å². The van der Waals surface area contributed by atoms with Crippen LogP contribution in [0.1, 0.15) is 445 Å². The number of para-hydroxylation sites is 1. The number of ether oxygens (including phenoxy) is 3. The summed E-state index contributed by atoms with van der Waals surface area (Å²) in [5, 5.41) is 0. The molecule has 1 aromatic carbocycles. The van der Waals surface area contributed by atoms with Crippen LogP contribution in [0.25, 0.3) is 0 Å². The van der Waals surface area contributed by atoms with Crippen molar-refractivity contribution in [3.8, 4) is 17.2 Å². The molecule has 0 aliphatic rings. The van der Waals surface area contributed by atoms with Gasteiger partial charge in [0, 0.05) is 0 Å². The lowest BCUT2D eigenvalue weighted by Crippen LogP contribution is -2.06. The molecule has 81 heavy (non-hydrogen) atoms. The van der Waals surface area contributed by atoms with Crippen LogP contribution < -0.4 is 14.2 Å². The first-order valence-corrected chi connectivity index (χ1v) is 38.3. The van der Waals surface area contributed by atoms with E-state index in [4.69, 9.17) is 14.2 Å². The first-order valence-electron chi connectivity index (χ1n) is 38.3. The number of unbranched alkanes of at least 4 members (excludes halogenated alkanes) is 63. The van der Waals surface area contributed by atoms with Crippen LogP contribution in [0.2, 0.25) is 0 Å². The standard InChI is InChI=1S/C78H150O3/c1-4-7-10-13-16-19-22-25-28-31-34-37-40-43-46-49-52-55-58-61-64-67-73-79-76-71-70-72-77(80-74-68-65-62-59-56-53-50-47-44-41-38-35-32-29-26-23-20-17-14-11-8-5-2)78(76)81-75-69-66-63-60-57-54-51-48-45-42-39-36-33-30-27-24-21-18-15-12-9-6-3/h70-72H,4-69,73-75H2,1-3H3. The summed E-state index contributed by atoms with van der Waals surface area (Å²) in [6.07, 6.45) is 93.4.